The van der Waals surface area contributed by atoms with E-state index < -0.39 is 0 Å². The average molecular weight is 170 g/mol. The van der Waals surface area contributed by atoms with Gasteiger partial charge in [-0.2, -0.15) is 0 Å². The monoisotopic (exact) mass is 170 g/mol. The highest BCUT2D eigenvalue weighted by Crippen LogP contribution is 2.45. The standard InChI is InChI=1S/C11H22O/c1-4-5-9(2)11(3)7-6-10(12)8-11/h9-10,12H,4-8H2,1-3H3. The van der Waals surface area contributed by atoms with E-state index in [2.05, 4.69) is 20.8 Å². The molecular weight excluding hydrogens is 148 g/mol. The fraction of sp³-hybridized carbons (Fsp3) is 1.00. The molecule has 1 rings (SSSR count). The van der Waals surface area contributed by atoms with Gasteiger partial charge in [-0.15, -0.1) is 0 Å². The van der Waals surface area contributed by atoms with Crippen LogP contribution >= 0.6 is 0 Å². The minimum atomic E-state index is -0.0192. The minimum Gasteiger partial charge on any atom is -0.393 e. The lowest BCUT2D eigenvalue weighted by molar-refractivity contribution is 0.134. The predicted molar refractivity (Wildman–Crippen MR) is 52.0 cm³/mol. The van der Waals surface area contributed by atoms with E-state index in [1.165, 1.54) is 19.3 Å². The maximum Gasteiger partial charge on any atom is 0.0545 e. The van der Waals surface area contributed by atoms with Crippen molar-refractivity contribution in [1.82, 2.24) is 0 Å². The Morgan fingerprint density at radius 2 is 2.25 bits per heavy atom. The summed E-state index contributed by atoms with van der Waals surface area (Å²) in [5, 5.41) is 9.48. The lowest BCUT2D eigenvalue weighted by atomic mass is 9.74. The van der Waals surface area contributed by atoms with Gasteiger partial charge in [0.1, 0.15) is 0 Å². The maximum atomic E-state index is 9.48. The molecule has 1 nitrogen and oxygen atoms in total. The second-order valence-corrected chi connectivity index (χ2v) is 4.74. The maximum absolute atomic E-state index is 9.48. The molecule has 12 heavy (non-hydrogen) atoms. The molecule has 1 fully saturated rings. The second-order valence-electron chi connectivity index (χ2n) is 4.74. The smallest absolute Gasteiger partial charge is 0.0545 e. The van der Waals surface area contributed by atoms with E-state index in [1.54, 1.807) is 0 Å². The fourth-order valence-corrected chi connectivity index (χ4v) is 2.47. The van der Waals surface area contributed by atoms with Crippen LogP contribution in [0.5, 0.6) is 0 Å². The molecule has 1 heteroatoms. The van der Waals surface area contributed by atoms with E-state index in [0.717, 1.165) is 18.8 Å². The summed E-state index contributed by atoms with van der Waals surface area (Å²) < 4.78 is 0. The quantitative estimate of drug-likeness (QED) is 0.690. The van der Waals surface area contributed by atoms with Crippen molar-refractivity contribution in [2.75, 3.05) is 0 Å². The highest BCUT2D eigenvalue weighted by Gasteiger charge is 2.37. The molecule has 3 atom stereocenters. The molecule has 0 aromatic heterocycles. The van der Waals surface area contributed by atoms with Crippen LogP contribution in [0, 0.1) is 11.3 Å². The van der Waals surface area contributed by atoms with Crippen LogP contribution in [0.15, 0.2) is 0 Å². The third-order valence-electron chi connectivity index (χ3n) is 3.66. The summed E-state index contributed by atoms with van der Waals surface area (Å²) in [6.07, 6.45) is 5.82. The molecule has 0 aromatic rings. The molecule has 0 aliphatic heterocycles. The largest absolute Gasteiger partial charge is 0.393 e. The van der Waals surface area contributed by atoms with Gasteiger partial charge in [-0.05, 0) is 30.6 Å². The van der Waals surface area contributed by atoms with Crippen LogP contribution in [0.4, 0.5) is 0 Å². The van der Waals surface area contributed by atoms with Gasteiger partial charge in [0.2, 0.25) is 0 Å². The van der Waals surface area contributed by atoms with Crippen molar-refractivity contribution in [3.05, 3.63) is 0 Å². The van der Waals surface area contributed by atoms with E-state index in [1.807, 2.05) is 0 Å². The molecule has 1 aliphatic rings. The Hall–Kier alpha value is -0.0400. The summed E-state index contributed by atoms with van der Waals surface area (Å²) in [4.78, 5) is 0. The molecule has 0 heterocycles. The van der Waals surface area contributed by atoms with Crippen molar-refractivity contribution in [3.63, 3.8) is 0 Å². The zero-order chi connectivity index (χ0) is 9.19. The molecule has 1 aliphatic carbocycles. The molecule has 1 saturated carbocycles. The van der Waals surface area contributed by atoms with Crippen LogP contribution in [0.25, 0.3) is 0 Å². The summed E-state index contributed by atoms with van der Waals surface area (Å²) in [5.74, 6) is 0.777. The van der Waals surface area contributed by atoms with E-state index >= 15 is 0 Å². The third kappa shape index (κ3) is 2.01. The Kier molecular flexibility index (Phi) is 3.16. The first-order chi connectivity index (χ1) is 5.58. The van der Waals surface area contributed by atoms with Gasteiger partial charge >= 0.3 is 0 Å². The van der Waals surface area contributed by atoms with Crippen molar-refractivity contribution in [2.24, 2.45) is 11.3 Å². The number of rotatable bonds is 3. The van der Waals surface area contributed by atoms with Gasteiger partial charge in [0.25, 0.3) is 0 Å². The third-order valence-corrected chi connectivity index (χ3v) is 3.66. The molecule has 3 unspecified atom stereocenters. The van der Waals surface area contributed by atoms with Crippen molar-refractivity contribution in [3.8, 4) is 0 Å². The summed E-state index contributed by atoms with van der Waals surface area (Å²) in [6, 6.07) is 0. The molecule has 0 radical (unpaired) electrons. The van der Waals surface area contributed by atoms with Gasteiger partial charge in [-0.1, -0.05) is 33.6 Å². The van der Waals surface area contributed by atoms with Gasteiger partial charge in [-0.25, -0.2) is 0 Å². The first-order valence-corrected chi connectivity index (χ1v) is 5.26. The number of hydrogen-bond donors (Lipinski definition) is 1. The van der Waals surface area contributed by atoms with Gasteiger partial charge in [0, 0.05) is 0 Å². The van der Waals surface area contributed by atoms with Crippen LogP contribution in [-0.4, -0.2) is 11.2 Å². The predicted octanol–water partition coefficient (Wildman–Crippen LogP) is 2.97. The Morgan fingerprint density at radius 3 is 2.67 bits per heavy atom. The molecule has 0 spiro atoms. The number of aliphatic hydroxyl groups is 1. The highest BCUT2D eigenvalue weighted by molar-refractivity contribution is 4.88. The molecule has 0 aromatic carbocycles. The topological polar surface area (TPSA) is 20.2 Å². The molecule has 1 N–H and O–H groups in total. The van der Waals surface area contributed by atoms with Crippen LogP contribution in [0.3, 0.4) is 0 Å². The lowest BCUT2D eigenvalue weighted by Crippen LogP contribution is -2.22. The second kappa shape index (κ2) is 3.78. The average Bonchev–Trinajstić information content (AvgIpc) is 2.33. The normalized spacial score (nSPS) is 38.5. The Bertz CT molecular complexity index is 144. The van der Waals surface area contributed by atoms with E-state index in [-0.39, 0.29) is 6.10 Å². The van der Waals surface area contributed by atoms with E-state index in [9.17, 15) is 5.11 Å². The van der Waals surface area contributed by atoms with Crippen molar-refractivity contribution in [2.45, 2.75) is 59.0 Å². The van der Waals surface area contributed by atoms with Gasteiger partial charge in [0.15, 0.2) is 0 Å². The van der Waals surface area contributed by atoms with Crippen LogP contribution in [-0.2, 0) is 0 Å². The summed E-state index contributed by atoms with van der Waals surface area (Å²) in [7, 11) is 0. The Labute approximate surface area is 76.2 Å². The van der Waals surface area contributed by atoms with E-state index in [4.69, 9.17) is 0 Å². The van der Waals surface area contributed by atoms with Crippen molar-refractivity contribution >= 4 is 0 Å². The summed E-state index contributed by atoms with van der Waals surface area (Å²) in [6.45, 7) is 6.91. The summed E-state index contributed by atoms with van der Waals surface area (Å²) in [5.41, 5.74) is 0.426. The number of hydrogen-bond acceptors (Lipinski definition) is 1. The molecule has 0 saturated heterocycles. The van der Waals surface area contributed by atoms with Crippen molar-refractivity contribution in [1.29, 1.82) is 0 Å². The van der Waals surface area contributed by atoms with Crippen LogP contribution in [0.1, 0.15) is 52.9 Å². The Balaban J connectivity index is 2.48. The first-order valence-electron chi connectivity index (χ1n) is 5.26. The van der Waals surface area contributed by atoms with Gasteiger partial charge < -0.3 is 5.11 Å². The number of aliphatic hydroxyl groups excluding tert-OH is 1. The Morgan fingerprint density at radius 1 is 1.58 bits per heavy atom. The minimum absolute atomic E-state index is 0.0192. The van der Waals surface area contributed by atoms with Crippen LogP contribution in [0.2, 0.25) is 0 Å². The van der Waals surface area contributed by atoms with Crippen LogP contribution < -0.4 is 0 Å². The highest BCUT2D eigenvalue weighted by atomic mass is 16.3. The summed E-state index contributed by atoms with van der Waals surface area (Å²) >= 11 is 0. The molecule has 0 bridgehead atoms. The molecule has 72 valence electrons. The van der Waals surface area contributed by atoms with Gasteiger partial charge in [0.05, 0.1) is 6.10 Å². The van der Waals surface area contributed by atoms with E-state index in [0.29, 0.717) is 5.41 Å². The molecular formula is C11H22O. The SMILES string of the molecule is CCCC(C)C1(C)CCC(O)C1. The zero-order valence-corrected chi connectivity index (χ0v) is 8.64. The van der Waals surface area contributed by atoms with Crippen molar-refractivity contribution < 1.29 is 5.11 Å². The molecule has 0 amide bonds. The van der Waals surface area contributed by atoms with Gasteiger partial charge in [-0.3, -0.25) is 0 Å². The zero-order valence-electron chi connectivity index (χ0n) is 8.64. The first kappa shape index (κ1) is 10.0. The lowest BCUT2D eigenvalue weighted by Gasteiger charge is -2.31. The fourth-order valence-electron chi connectivity index (χ4n) is 2.47.